The third-order valence-corrected chi connectivity index (χ3v) is 5.66. The lowest BCUT2D eigenvalue weighted by Crippen LogP contribution is -2.57. The van der Waals surface area contributed by atoms with Gasteiger partial charge in [0.2, 0.25) is 5.91 Å². The molecule has 0 bridgehead atoms. The van der Waals surface area contributed by atoms with E-state index in [1.807, 2.05) is 11.9 Å². The Hall–Kier alpha value is -0.610. The minimum absolute atomic E-state index is 0. The fourth-order valence-corrected chi connectivity index (χ4v) is 4.02. The highest BCUT2D eigenvalue weighted by molar-refractivity contribution is 14.0. The number of nitrogens with one attached hydrogen (secondary N) is 1. The van der Waals surface area contributed by atoms with E-state index in [4.69, 9.17) is 4.74 Å². The topological polar surface area (TPSA) is 60.4 Å². The van der Waals surface area contributed by atoms with E-state index < -0.39 is 0 Å². The summed E-state index contributed by atoms with van der Waals surface area (Å²) in [5.41, 5.74) is 0. The van der Waals surface area contributed by atoms with Gasteiger partial charge in [-0.3, -0.25) is 14.7 Å². The summed E-state index contributed by atoms with van der Waals surface area (Å²) in [6.45, 7) is 9.25. The molecule has 26 heavy (non-hydrogen) atoms. The number of aliphatic imine (C=N–C) groups is 1. The molecule has 0 spiro atoms. The summed E-state index contributed by atoms with van der Waals surface area (Å²) in [5.74, 6) is 1.25. The molecule has 0 saturated carbocycles. The van der Waals surface area contributed by atoms with E-state index >= 15 is 0 Å². The molecule has 0 aromatic rings. The molecule has 7 nitrogen and oxygen atoms in total. The summed E-state index contributed by atoms with van der Waals surface area (Å²) in [7, 11) is 1.84. The summed E-state index contributed by atoms with van der Waals surface area (Å²) in [5, 5.41) is 3.45. The first kappa shape index (κ1) is 21.7. The molecule has 3 fully saturated rings. The fraction of sp³-hybridized carbons (Fsp3) is 0.889. The highest BCUT2D eigenvalue weighted by Crippen LogP contribution is 2.14. The molecule has 0 aromatic heterocycles. The average Bonchev–Trinajstić information content (AvgIpc) is 3.35. The first-order valence-corrected chi connectivity index (χ1v) is 9.79. The number of amides is 1. The van der Waals surface area contributed by atoms with E-state index in [1.54, 1.807) is 0 Å². The zero-order chi connectivity index (χ0) is 17.6. The van der Waals surface area contributed by atoms with Gasteiger partial charge in [-0.15, -0.1) is 24.0 Å². The van der Waals surface area contributed by atoms with Crippen molar-refractivity contribution >= 4 is 35.8 Å². The lowest BCUT2D eigenvalue weighted by atomic mass is 10.2. The van der Waals surface area contributed by atoms with Crippen LogP contribution < -0.4 is 5.32 Å². The van der Waals surface area contributed by atoms with E-state index in [-0.39, 0.29) is 30.0 Å². The quantitative estimate of drug-likeness (QED) is 0.370. The molecular weight excluding hydrogens is 445 g/mol. The first-order chi connectivity index (χ1) is 12.2. The van der Waals surface area contributed by atoms with Crippen LogP contribution in [0.4, 0.5) is 0 Å². The Balaban J connectivity index is 0.00000243. The number of guanidine groups is 1. The zero-order valence-corrected chi connectivity index (χ0v) is 18.5. The molecule has 3 aliphatic heterocycles. The van der Waals surface area contributed by atoms with Gasteiger partial charge in [0.05, 0.1) is 12.1 Å². The Labute approximate surface area is 174 Å². The Morgan fingerprint density at radius 3 is 2.38 bits per heavy atom. The molecule has 1 N–H and O–H groups in total. The lowest BCUT2D eigenvalue weighted by molar-refractivity contribution is -0.135. The number of carbonyl (C=O) groups is 1. The van der Waals surface area contributed by atoms with E-state index in [9.17, 15) is 4.79 Å². The van der Waals surface area contributed by atoms with Gasteiger partial charge in [0.15, 0.2) is 5.96 Å². The SMILES string of the molecule is CN=C(NCC1CCCO1)N1CCN(C(C)C(=O)N2CCCC2)CC1.I. The molecule has 8 heteroatoms. The number of ether oxygens (including phenoxy) is 1. The average molecular weight is 479 g/mol. The summed E-state index contributed by atoms with van der Waals surface area (Å²) in [6, 6.07) is -0.0119. The Morgan fingerprint density at radius 2 is 1.81 bits per heavy atom. The number of nitrogens with zero attached hydrogens (tertiary/aromatic N) is 4. The van der Waals surface area contributed by atoms with Crippen LogP contribution in [0, 0.1) is 0 Å². The fourth-order valence-electron chi connectivity index (χ4n) is 4.02. The predicted octanol–water partition coefficient (Wildman–Crippen LogP) is 0.987. The van der Waals surface area contributed by atoms with Gasteiger partial charge in [-0.05, 0) is 32.6 Å². The number of hydrogen-bond donors (Lipinski definition) is 1. The van der Waals surface area contributed by atoms with E-state index in [1.165, 1.54) is 0 Å². The smallest absolute Gasteiger partial charge is 0.239 e. The van der Waals surface area contributed by atoms with Crippen molar-refractivity contribution in [1.82, 2.24) is 20.0 Å². The van der Waals surface area contributed by atoms with Gasteiger partial charge in [-0.25, -0.2) is 0 Å². The molecule has 0 radical (unpaired) electrons. The number of carbonyl (C=O) groups excluding carboxylic acids is 1. The van der Waals surface area contributed by atoms with Crippen LogP contribution in [0.3, 0.4) is 0 Å². The van der Waals surface area contributed by atoms with Crippen molar-refractivity contribution in [2.24, 2.45) is 4.99 Å². The molecule has 3 aliphatic rings. The maximum absolute atomic E-state index is 12.6. The van der Waals surface area contributed by atoms with Crippen LogP contribution in [0.5, 0.6) is 0 Å². The van der Waals surface area contributed by atoms with Crippen LogP contribution in [0.2, 0.25) is 0 Å². The standard InChI is InChI=1S/C18H33N5O2.HI/c1-15(17(24)22-7-3-4-8-22)21-9-11-23(12-10-21)18(19-2)20-14-16-6-5-13-25-16;/h15-16H,3-14H2,1-2H3,(H,19,20);1H. The highest BCUT2D eigenvalue weighted by atomic mass is 127. The molecule has 1 amide bonds. The highest BCUT2D eigenvalue weighted by Gasteiger charge is 2.30. The van der Waals surface area contributed by atoms with Crippen molar-refractivity contribution in [3.63, 3.8) is 0 Å². The van der Waals surface area contributed by atoms with Gasteiger partial charge < -0.3 is 19.9 Å². The Kier molecular flexibility index (Phi) is 8.89. The van der Waals surface area contributed by atoms with Crippen molar-refractivity contribution in [2.45, 2.75) is 44.8 Å². The summed E-state index contributed by atoms with van der Waals surface area (Å²) < 4.78 is 5.67. The Bertz CT molecular complexity index is 470. The van der Waals surface area contributed by atoms with Gasteiger partial charge >= 0.3 is 0 Å². The molecular formula is C18H34IN5O2. The van der Waals surface area contributed by atoms with Crippen LogP contribution >= 0.6 is 24.0 Å². The zero-order valence-electron chi connectivity index (χ0n) is 16.2. The monoisotopic (exact) mass is 479 g/mol. The molecule has 3 saturated heterocycles. The first-order valence-electron chi connectivity index (χ1n) is 9.79. The normalized spacial score (nSPS) is 25.9. The van der Waals surface area contributed by atoms with Crippen molar-refractivity contribution in [1.29, 1.82) is 0 Å². The molecule has 3 rings (SSSR count). The summed E-state index contributed by atoms with van der Waals surface area (Å²) >= 11 is 0. The largest absolute Gasteiger partial charge is 0.376 e. The van der Waals surface area contributed by atoms with Gasteiger partial charge in [0.1, 0.15) is 0 Å². The summed E-state index contributed by atoms with van der Waals surface area (Å²) in [4.78, 5) is 23.6. The van der Waals surface area contributed by atoms with Crippen molar-refractivity contribution in [3.8, 4) is 0 Å². The van der Waals surface area contributed by atoms with Crippen molar-refractivity contribution in [2.75, 3.05) is 59.5 Å². The van der Waals surface area contributed by atoms with Crippen LogP contribution in [-0.2, 0) is 9.53 Å². The maximum atomic E-state index is 12.6. The van der Waals surface area contributed by atoms with Gasteiger partial charge in [-0.1, -0.05) is 0 Å². The maximum Gasteiger partial charge on any atom is 0.239 e. The number of rotatable bonds is 4. The molecule has 0 aliphatic carbocycles. The van der Waals surface area contributed by atoms with E-state index in [2.05, 4.69) is 27.0 Å². The van der Waals surface area contributed by atoms with Crippen molar-refractivity contribution < 1.29 is 9.53 Å². The molecule has 3 heterocycles. The van der Waals surface area contributed by atoms with Crippen LogP contribution in [0.1, 0.15) is 32.6 Å². The second-order valence-corrected chi connectivity index (χ2v) is 7.29. The number of likely N-dealkylation sites (tertiary alicyclic amines) is 1. The number of piperazine rings is 1. The predicted molar refractivity (Wildman–Crippen MR) is 114 cm³/mol. The molecule has 2 unspecified atom stereocenters. The van der Waals surface area contributed by atoms with E-state index in [0.29, 0.717) is 12.0 Å². The Morgan fingerprint density at radius 1 is 1.12 bits per heavy atom. The van der Waals surface area contributed by atoms with Crippen molar-refractivity contribution in [3.05, 3.63) is 0 Å². The minimum atomic E-state index is -0.0119. The number of hydrogen-bond acceptors (Lipinski definition) is 4. The van der Waals surface area contributed by atoms with Crippen LogP contribution in [0.15, 0.2) is 4.99 Å². The van der Waals surface area contributed by atoms with Gasteiger partial charge in [0, 0.05) is 59.5 Å². The molecule has 2 atom stereocenters. The number of halogens is 1. The second-order valence-electron chi connectivity index (χ2n) is 7.29. The third kappa shape index (κ3) is 5.45. The third-order valence-electron chi connectivity index (χ3n) is 5.66. The van der Waals surface area contributed by atoms with Gasteiger partial charge in [-0.2, -0.15) is 0 Å². The molecule has 0 aromatic carbocycles. The minimum Gasteiger partial charge on any atom is -0.376 e. The lowest BCUT2D eigenvalue weighted by Gasteiger charge is -2.39. The van der Waals surface area contributed by atoms with Gasteiger partial charge in [0.25, 0.3) is 0 Å². The van der Waals surface area contributed by atoms with E-state index in [0.717, 1.165) is 84.1 Å². The van der Waals surface area contributed by atoms with Crippen LogP contribution in [-0.4, -0.2) is 98.2 Å². The second kappa shape index (κ2) is 10.7. The van der Waals surface area contributed by atoms with Crippen LogP contribution in [0.25, 0.3) is 0 Å². The molecule has 150 valence electrons. The summed E-state index contributed by atoms with van der Waals surface area (Å²) in [6.07, 6.45) is 4.91.